The SMILES string of the molecule is CC(O)C(NC(=O)C(CC(=O)O)NC(=O)C(Cc1ccccc1)NC(=O)C(N)CCC(N)=O)C(=O)O. The van der Waals surface area contributed by atoms with Crippen molar-refractivity contribution in [3.8, 4) is 0 Å². The first-order valence-corrected chi connectivity index (χ1v) is 10.9. The number of aliphatic carboxylic acids is 2. The number of rotatable bonds is 15. The fourth-order valence-corrected chi connectivity index (χ4v) is 3.07. The fourth-order valence-electron chi connectivity index (χ4n) is 3.07. The molecule has 36 heavy (non-hydrogen) atoms. The Kier molecular flexibility index (Phi) is 12.0. The monoisotopic (exact) mass is 509 g/mol. The van der Waals surface area contributed by atoms with E-state index < -0.39 is 72.3 Å². The summed E-state index contributed by atoms with van der Waals surface area (Å²) in [6.45, 7) is 1.11. The zero-order valence-electron chi connectivity index (χ0n) is 19.5. The second-order valence-corrected chi connectivity index (χ2v) is 8.09. The molecule has 14 nitrogen and oxygen atoms in total. The maximum absolute atomic E-state index is 13.0. The first-order valence-electron chi connectivity index (χ1n) is 10.9. The molecule has 0 radical (unpaired) electrons. The van der Waals surface area contributed by atoms with Gasteiger partial charge in [0.05, 0.1) is 18.6 Å². The molecular formula is C22H31N5O9. The Morgan fingerprint density at radius 3 is 1.94 bits per heavy atom. The second kappa shape index (κ2) is 14.4. The summed E-state index contributed by atoms with van der Waals surface area (Å²) in [4.78, 5) is 71.7. The third kappa shape index (κ3) is 10.5. The summed E-state index contributed by atoms with van der Waals surface area (Å²) in [5.74, 6) is -6.61. The number of carboxylic acid groups (broad SMARTS) is 2. The Hall–Kier alpha value is -4.04. The van der Waals surface area contributed by atoms with E-state index in [1.807, 2.05) is 5.32 Å². The first-order chi connectivity index (χ1) is 16.8. The van der Waals surface area contributed by atoms with Gasteiger partial charge in [-0.3, -0.25) is 24.0 Å². The number of aliphatic hydroxyl groups excluding tert-OH is 1. The molecule has 1 rings (SSSR count). The molecule has 0 fully saturated rings. The van der Waals surface area contributed by atoms with Gasteiger partial charge in [0, 0.05) is 12.8 Å². The number of hydrogen-bond acceptors (Lipinski definition) is 8. The van der Waals surface area contributed by atoms with Gasteiger partial charge in [0.1, 0.15) is 12.1 Å². The maximum Gasteiger partial charge on any atom is 0.328 e. The van der Waals surface area contributed by atoms with Crippen molar-refractivity contribution in [2.75, 3.05) is 0 Å². The predicted molar refractivity (Wildman–Crippen MR) is 124 cm³/mol. The van der Waals surface area contributed by atoms with Gasteiger partial charge in [-0.2, -0.15) is 0 Å². The van der Waals surface area contributed by atoms with E-state index in [4.69, 9.17) is 16.6 Å². The Morgan fingerprint density at radius 2 is 1.44 bits per heavy atom. The van der Waals surface area contributed by atoms with Crippen LogP contribution in [0.15, 0.2) is 30.3 Å². The van der Waals surface area contributed by atoms with E-state index in [-0.39, 0.29) is 19.3 Å². The summed E-state index contributed by atoms with van der Waals surface area (Å²) in [7, 11) is 0. The van der Waals surface area contributed by atoms with Crippen LogP contribution in [0.4, 0.5) is 0 Å². The third-order valence-corrected chi connectivity index (χ3v) is 5.01. The minimum absolute atomic E-state index is 0.0617. The minimum Gasteiger partial charge on any atom is -0.481 e. The topological polar surface area (TPSA) is 251 Å². The van der Waals surface area contributed by atoms with Crippen molar-refractivity contribution in [2.24, 2.45) is 11.5 Å². The molecule has 0 aromatic heterocycles. The Balaban J connectivity index is 3.10. The summed E-state index contributed by atoms with van der Waals surface area (Å²) in [5, 5.41) is 34.5. The number of aliphatic hydroxyl groups is 1. The third-order valence-electron chi connectivity index (χ3n) is 5.01. The van der Waals surface area contributed by atoms with E-state index in [1.165, 1.54) is 0 Å². The number of nitrogens with two attached hydrogens (primary N) is 2. The van der Waals surface area contributed by atoms with Gasteiger partial charge in [0.15, 0.2) is 6.04 Å². The zero-order valence-corrected chi connectivity index (χ0v) is 19.5. The van der Waals surface area contributed by atoms with E-state index in [2.05, 4.69) is 10.6 Å². The summed E-state index contributed by atoms with van der Waals surface area (Å²) in [6, 6.07) is 2.47. The molecule has 0 aliphatic carbocycles. The molecule has 1 aromatic carbocycles. The Morgan fingerprint density at radius 1 is 0.889 bits per heavy atom. The van der Waals surface area contributed by atoms with Crippen LogP contribution in [0.1, 0.15) is 31.7 Å². The van der Waals surface area contributed by atoms with E-state index in [0.29, 0.717) is 5.56 Å². The number of primary amides is 1. The average molecular weight is 510 g/mol. The van der Waals surface area contributed by atoms with Crippen LogP contribution >= 0.6 is 0 Å². The van der Waals surface area contributed by atoms with Crippen LogP contribution in [0.3, 0.4) is 0 Å². The standard InChI is InChI=1S/C22H31N5O9/c1-11(28)18(22(35)36)27-21(34)15(10-17(30)31)26-20(33)14(9-12-5-3-2-4-6-12)25-19(32)13(23)7-8-16(24)29/h2-6,11,13-15,18,28H,7-10,23H2,1H3,(H2,24,29)(H,25,32)(H,26,33)(H,27,34)(H,30,31)(H,35,36). The van der Waals surface area contributed by atoms with Gasteiger partial charge in [-0.15, -0.1) is 0 Å². The molecule has 5 atom stereocenters. The molecule has 10 N–H and O–H groups in total. The number of carbonyl (C=O) groups is 6. The molecule has 5 unspecified atom stereocenters. The molecular weight excluding hydrogens is 478 g/mol. The fraction of sp³-hybridized carbons (Fsp3) is 0.455. The smallest absolute Gasteiger partial charge is 0.328 e. The van der Waals surface area contributed by atoms with Crippen molar-refractivity contribution in [3.05, 3.63) is 35.9 Å². The Labute approximate surface area is 206 Å². The van der Waals surface area contributed by atoms with Crippen LogP contribution in [-0.2, 0) is 35.2 Å². The predicted octanol–water partition coefficient (Wildman–Crippen LogP) is -2.78. The van der Waals surface area contributed by atoms with Crippen LogP contribution in [0.25, 0.3) is 0 Å². The van der Waals surface area contributed by atoms with E-state index >= 15 is 0 Å². The van der Waals surface area contributed by atoms with Crippen molar-refractivity contribution in [1.29, 1.82) is 0 Å². The summed E-state index contributed by atoms with van der Waals surface area (Å²) >= 11 is 0. The number of nitrogens with one attached hydrogen (secondary N) is 3. The lowest BCUT2D eigenvalue weighted by atomic mass is 10.0. The van der Waals surface area contributed by atoms with Gasteiger partial charge in [-0.1, -0.05) is 30.3 Å². The lowest BCUT2D eigenvalue weighted by Crippen LogP contribution is -2.59. The lowest BCUT2D eigenvalue weighted by molar-refractivity contribution is -0.146. The quantitative estimate of drug-likeness (QED) is 0.121. The lowest BCUT2D eigenvalue weighted by Gasteiger charge is -2.25. The van der Waals surface area contributed by atoms with Gasteiger partial charge < -0.3 is 42.7 Å². The molecule has 0 aliphatic rings. The molecule has 0 aliphatic heterocycles. The largest absolute Gasteiger partial charge is 0.481 e. The van der Waals surface area contributed by atoms with E-state index in [0.717, 1.165) is 6.92 Å². The highest BCUT2D eigenvalue weighted by Crippen LogP contribution is 2.06. The van der Waals surface area contributed by atoms with Crippen molar-refractivity contribution < 1.29 is 44.1 Å². The van der Waals surface area contributed by atoms with Crippen LogP contribution in [0.5, 0.6) is 0 Å². The maximum atomic E-state index is 13.0. The van der Waals surface area contributed by atoms with Gasteiger partial charge in [-0.25, -0.2) is 4.79 Å². The molecule has 4 amide bonds. The van der Waals surface area contributed by atoms with Crippen molar-refractivity contribution in [3.63, 3.8) is 0 Å². The minimum atomic E-state index is -1.76. The molecule has 0 bridgehead atoms. The first kappa shape index (κ1) is 30.0. The normalized spacial score (nSPS) is 14.9. The average Bonchev–Trinajstić information content (AvgIpc) is 2.79. The highest BCUT2D eigenvalue weighted by atomic mass is 16.4. The summed E-state index contributed by atoms with van der Waals surface area (Å²) in [6.07, 6.45) is -2.73. The highest BCUT2D eigenvalue weighted by molar-refractivity contribution is 5.95. The van der Waals surface area contributed by atoms with Crippen molar-refractivity contribution in [2.45, 2.75) is 62.9 Å². The number of carbonyl (C=O) groups excluding carboxylic acids is 4. The second-order valence-electron chi connectivity index (χ2n) is 8.09. The van der Waals surface area contributed by atoms with Gasteiger partial charge in [0.25, 0.3) is 0 Å². The van der Waals surface area contributed by atoms with Gasteiger partial charge in [0.2, 0.25) is 23.6 Å². The molecule has 0 saturated carbocycles. The number of carboxylic acids is 2. The number of amides is 4. The molecule has 0 heterocycles. The summed E-state index contributed by atoms with van der Waals surface area (Å²) < 4.78 is 0. The zero-order chi connectivity index (χ0) is 27.4. The van der Waals surface area contributed by atoms with Crippen LogP contribution in [0, 0.1) is 0 Å². The summed E-state index contributed by atoms with van der Waals surface area (Å²) in [5.41, 5.74) is 11.4. The van der Waals surface area contributed by atoms with E-state index in [9.17, 15) is 39.0 Å². The van der Waals surface area contributed by atoms with E-state index in [1.54, 1.807) is 30.3 Å². The van der Waals surface area contributed by atoms with Crippen LogP contribution < -0.4 is 27.4 Å². The Bertz CT molecular complexity index is 954. The van der Waals surface area contributed by atoms with Crippen molar-refractivity contribution in [1.82, 2.24) is 16.0 Å². The molecule has 1 aromatic rings. The molecule has 0 spiro atoms. The highest BCUT2D eigenvalue weighted by Gasteiger charge is 2.33. The number of benzene rings is 1. The van der Waals surface area contributed by atoms with Crippen molar-refractivity contribution >= 4 is 35.6 Å². The number of hydrogen-bond donors (Lipinski definition) is 8. The van der Waals surface area contributed by atoms with Crippen LogP contribution in [0.2, 0.25) is 0 Å². The molecule has 0 saturated heterocycles. The van der Waals surface area contributed by atoms with Crippen LogP contribution in [-0.4, -0.2) is 81.2 Å². The van der Waals surface area contributed by atoms with Gasteiger partial charge in [-0.05, 0) is 18.9 Å². The van der Waals surface area contributed by atoms with Gasteiger partial charge >= 0.3 is 11.9 Å². The molecule has 198 valence electrons. The molecule has 14 heteroatoms.